The highest BCUT2D eigenvalue weighted by atomic mass is 32.1. The Morgan fingerprint density at radius 3 is 2.32 bits per heavy atom. The van der Waals surface area contributed by atoms with Crippen molar-refractivity contribution in [2.45, 2.75) is 19.9 Å². The van der Waals surface area contributed by atoms with Crippen LogP contribution in [0.3, 0.4) is 0 Å². The number of rotatable bonds is 5. The van der Waals surface area contributed by atoms with Gasteiger partial charge in [0.05, 0.1) is 15.8 Å². The SMILES string of the molecule is CC(=O)c1ccc(C(=O)N[C@H](c2ccncc2)c2ccccc2C)s1. The molecule has 1 aromatic carbocycles. The summed E-state index contributed by atoms with van der Waals surface area (Å²) in [5.41, 5.74) is 3.09. The van der Waals surface area contributed by atoms with Gasteiger partial charge in [-0.1, -0.05) is 24.3 Å². The van der Waals surface area contributed by atoms with Crippen molar-refractivity contribution in [1.82, 2.24) is 10.3 Å². The standard InChI is InChI=1S/C20H18N2O2S/c1-13-5-3-4-6-16(13)19(15-9-11-21-12-10-15)22-20(24)18-8-7-17(25-18)14(2)23/h3-12,19H,1-2H3,(H,22,24)/t19-/m1/s1. The number of nitrogens with zero attached hydrogens (tertiary/aromatic N) is 1. The van der Waals surface area contributed by atoms with Crippen LogP contribution in [-0.4, -0.2) is 16.7 Å². The topological polar surface area (TPSA) is 59.1 Å². The van der Waals surface area contributed by atoms with Gasteiger partial charge in [0.1, 0.15) is 0 Å². The first-order chi connectivity index (χ1) is 12.1. The van der Waals surface area contributed by atoms with E-state index in [-0.39, 0.29) is 17.7 Å². The molecule has 0 saturated heterocycles. The van der Waals surface area contributed by atoms with Crippen molar-refractivity contribution in [3.05, 3.63) is 87.4 Å². The van der Waals surface area contributed by atoms with Crippen molar-refractivity contribution in [3.63, 3.8) is 0 Å². The Labute approximate surface area is 150 Å². The Bertz CT molecular complexity index is 903. The molecule has 3 aromatic rings. The Kier molecular flexibility index (Phi) is 5.05. The highest BCUT2D eigenvalue weighted by Crippen LogP contribution is 2.26. The zero-order chi connectivity index (χ0) is 17.8. The number of thiophene rings is 1. The summed E-state index contributed by atoms with van der Waals surface area (Å²) >= 11 is 1.21. The van der Waals surface area contributed by atoms with Crippen molar-refractivity contribution in [3.8, 4) is 0 Å². The number of Topliss-reactive ketones (excluding diaryl/α,β-unsaturated/α-hetero) is 1. The number of hydrogen-bond acceptors (Lipinski definition) is 4. The molecule has 25 heavy (non-hydrogen) atoms. The predicted molar refractivity (Wildman–Crippen MR) is 99.0 cm³/mol. The van der Waals surface area contributed by atoms with E-state index in [0.717, 1.165) is 16.7 Å². The van der Waals surface area contributed by atoms with Gasteiger partial charge in [-0.25, -0.2) is 0 Å². The van der Waals surface area contributed by atoms with Crippen LogP contribution in [0.2, 0.25) is 0 Å². The maximum Gasteiger partial charge on any atom is 0.262 e. The summed E-state index contributed by atoms with van der Waals surface area (Å²) in [4.78, 5) is 29.4. The number of aromatic nitrogens is 1. The third-order valence-electron chi connectivity index (χ3n) is 3.99. The second-order valence-electron chi connectivity index (χ2n) is 5.76. The van der Waals surface area contributed by atoms with Crippen LogP contribution in [0.25, 0.3) is 0 Å². The van der Waals surface area contributed by atoms with Crippen LogP contribution in [-0.2, 0) is 0 Å². The zero-order valence-electron chi connectivity index (χ0n) is 14.0. The molecule has 3 rings (SSSR count). The number of ketones is 1. The van der Waals surface area contributed by atoms with Crippen LogP contribution in [0.15, 0.2) is 60.9 Å². The molecular weight excluding hydrogens is 332 g/mol. The van der Waals surface area contributed by atoms with Gasteiger partial charge in [0.25, 0.3) is 5.91 Å². The largest absolute Gasteiger partial charge is 0.340 e. The fraction of sp³-hybridized carbons (Fsp3) is 0.150. The zero-order valence-corrected chi connectivity index (χ0v) is 14.8. The molecule has 126 valence electrons. The number of nitrogens with one attached hydrogen (secondary N) is 1. The van der Waals surface area contributed by atoms with Gasteiger partial charge in [0.2, 0.25) is 0 Å². The van der Waals surface area contributed by atoms with Gasteiger partial charge in [0.15, 0.2) is 5.78 Å². The smallest absolute Gasteiger partial charge is 0.262 e. The number of carbonyl (C=O) groups is 2. The van der Waals surface area contributed by atoms with Crippen molar-refractivity contribution in [2.75, 3.05) is 0 Å². The Morgan fingerprint density at radius 2 is 1.68 bits per heavy atom. The second-order valence-corrected chi connectivity index (χ2v) is 6.85. The number of aryl methyl sites for hydroxylation is 1. The van der Waals surface area contributed by atoms with E-state index in [4.69, 9.17) is 0 Å². The molecule has 1 N–H and O–H groups in total. The molecule has 2 aromatic heterocycles. The molecule has 2 heterocycles. The van der Waals surface area contributed by atoms with Gasteiger partial charge in [-0.05, 0) is 54.8 Å². The number of hydrogen-bond donors (Lipinski definition) is 1. The molecule has 0 radical (unpaired) electrons. The first kappa shape index (κ1) is 17.0. The van der Waals surface area contributed by atoms with Crippen LogP contribution >= 0.6 is 11.3 Å². The first-order valence-electron chi connectivity index (χ1n) is 7.93. The van der Waals surface area contributed by atoms with E-state index in [9.17, 15) is 9.59 Å². The molecule has 0 aliphatic rings. The first-order valence-corrected chi connectivity index (χ1v) is 8.75. The molecule has 5 heteroatoms. The summed E-state index contributed by atoms with van der Waals surface area (Å²) in [5.74, 6) is -0.226. The second kappa shape index (κ2) is 7.40. The molecule has 0 spiro atoms. The lowest BCUT2D eigenvalue weighted by Crippen LogP contribution is -2.29. The minimum absolute atomic E-state index is 0.0337. The van der Waals surface area contributed by atoms with Crippen LogP contribution in [0.5, 0.6) is 0 Å². The number of benzene rings is 1. The van der Waals surface area contributed by atoms with Crippen LogP contribution in [0.1, 0.15) is 49.0 Å². The van der Waals surface area contributed by atoms with Crippen molar-refractivity contribution in [2.24, 2.45) is 0 Å². The van der Waals surface area contributed by atoms with Gasteiger partial charge in [-0.3, -0.25) is 14.6 Å². The lowest BCUT2D eigenvalue weighted by Gasteiger charge is -2.21. The van der Waals surface area contributed by atoms with E-state index in [1.807, 2.05) is 43.3 Å². The molecule has 0 fully saturated rings. The van der Waals surface area contributed by atoms with E-state index in [1.165, 1.54) is 18.3 Å². The molecule has 0 aliphatic carbocycles. The van der Waals surface area contributed by atoms with E-state index in [1.54, 1.807) is 24.5 Å². The number of pyridine rings is 1. The average Bonchev–Trinajstić information content (AvgIpc) is 3.12. The molecule has 0 saturated carbocycles. The van der Waals surface area contributed by atoms with Gasteiger partial charge in [0, 0.05) is 12.4 Å². The summed E-state index contributed by atoms with van der Waals surface area (Å²) in [5, 5.41) is 3.09. The van der Waals surface area contributed by atoms with Crippen LogP contribution < -0.4 is 5.32 Å². The molecule has 4 nitrogen and oxygen atoms in total. The van der Waals surface area contributed by atoms with Gasteiger partial charge in [-0.2, -0.15) is 0 Å². The molecule has 1 amide bonds. The average molecular weight is 350 g/mol. The molecular formula is C20H18N2O2S. The maximum atomic E-state index is 12.7. The van der Waals surface area contributed by atoms with E-state index < -0.39 is 0 Å². The summed E-state index contributed by atoms with van der Waals surface area (Å²) < 4.78 is 0. The fourth-order valence-corrected chi connectivity index (χ4v) is 3.46. The number of amides is 1. The molecule has 0 bridgehead atoms. The Hall–Kier alpha value is -2.79. The fourth-order valence-electron chi connectivity index (χ4n) is 2.66. The molecule has 1 atom stereocenters. The van der Waals surface area contributed by atoms with Gasteiger partial charge < -0.3 is 5.32 Å². The maximum absolute atomic E-state index is 12.7. The minimum Gasteiger partial charge on any atom is -0.340 e. The lowest BCUT2D eigenvalue weighted by atomic mass is 9.95. The minimum atomic E-state index is -0.278. The van der Waals surface area contributed by atoms with Crippen LogP contribution in [0, 0.1) is 6.92 Å². The summed E-state index contributed by atoms with van der Waals surface area (Å²) in [7, 11) is 0. The van der Waals surface area contributed by atoms with Crippen molar-refractivity contribution >= 4 is 23.0 Å². The lowest BCUT2D eigenvalue weighted by molar-refractivity contribution is 0.0946. The van der Waals surface area contributed by atoms with E-state index in [2.05, 4.69) is 10.3 Å². The summed E-state index contributed by atoms with van der Waals surface area (Å²) in [6, 6.07) is 14.9. The third kappa shape index (κ3) is 3.83. The highest BCUT2D eigenvalue weighted by molar-refractivity contribution is 7.15. The van der Waals surface area contributed by atoms with E-state index >= 15 is 0 Å². The Morgan fingerprint density at radius 1 is 1.00 bits per heavy atom. The number of carbonyl (C=O) groups excluding carboxylic acids is 2. The summed E-state index contributed by atoms with van der Waals surface area (Å²) in [6.45, 7) is 3.52. The molecule has 0 aliphatic heterocycles. The van der Waals surface area contributed by atoms with E-state index in [0.29, 0.717) is 9.75 Å². The van der Waals surface area contributed by atoms with Gasteiger partial charge >= 0.3 is 0 Å². The monoisotopic (exact) mass is 350 g/mol. The van der Waals surface area contributed by atoms with Crippen LogP contribution in [0.4, 0.5) is 0 Å². The summed E-state index contributed by atoms with van der Waals surface area (Å²) in [6.07, 6.45) is 3.43. The molecule has 0 unspecified atom stereocenters. The predicted octanol–water partition coefficient (Wildman–Crippen LogP) is 4.17. The quantitative estimate of drug-likeness (QED) is 0.703. The normalized spacial score (nSPS) is 11.8. The van der Waals surface area contributed by atoms with Crippen molar-refractivity contribution < 1.29 is 9.59 Å². The highest BCUT2D eigenvalue weighted by Gasteiger charge is 2.20. The van der Waals surface area contributed by atoms with Crippen molar-refractivity contribution in [1.29, 1.82) is 0 Å². The Balaban J connectivity index is 1.94. The third-order valence-corrected chi connectivity index (χ3v) is 5.18. The van der Waals surface area contributed by atoms with Gasteiger partial charge in [-0.15, -0.1) is 11.3 Å².